The van der Waals surface area contributed by atoms with E-state index in [0.717, 1.165) is 12.8 Å². The third-order valence-electron chi connectivity index (χ3n) is 4.81. The van der Waals surface area contributed by atoms with Crippen LogP contribution in [-0.4, -0.2) is 23.1 Å². The minimum absolute atomic E-state index is 0.127. The van der Waals surface area contributed by atoms with Crippen molar-refractivity contribution < 1.29 is 9.53 Å². The van der Waals surface area contributed by atoms with Gasteiger partial charge in [0.05, 0.1) is 12.6 Å². The zero-order valence-electron chi connectivity index (χ0n) is 10.3. The Kier molecular flexibility index (Phi) is 2.10. The Morgan fingerprint density at radius 1 is 1.28 bits per heavy atom. The first-order valence-corrected chi connectivity index (χ1v) is 6.82. The summed E-state index contributed by atoms with van der Waals surface area (Å²) in [5.74, 6) is 0.713. The van der Waals surface area contributed by atoms with Gasteiger partial charge in [-0.05, 0) is 24.8 Å². The van der Waals surface area contributed by atoms with Gasteiger partial charge < -0.3 is 9.64 Å². The van der Waals surface area contributed by atoms with Gasteiger partial charge in [-0.15, -0.1) is 0 Å². The number of nitrogens with zero attached hydrogens (tertiary/aromatic N) is 1. The third-order valence-corrected chi connectivity index (χ3v) is 4.81. The average Bonchev–Trinajstić information content (AvgIpc) is 3.02. The van der Waals surface area contributed by atoms with E-state index >= 15 is 0 Å². The lowest BCUT2D eigenvalue weighted by atomic mass is 10.0. The highest BCUT2D eigenvalue weighted by atomic mass is 16.5. The summed E-state index contributed by atoms with van der Waals surface area (Å²) in [4.78, 5) is 14.3. The Labute approximate surface area is 107 Å². The van der Waals surface area contributed by atoms with Crippen molar-refractivity contribution in [2.45, 2.75) is 37.5 Å². The lowest BCUT2D eigenvalue weighted by Gasteiger charge is -2.32. The summed E-state index contributed by atoms with van der Waals surface area (Å²) in [6, 6.07) is 10.4. The molecule has 0 aromatic heterocycles. The van der Waals surface area contributed by atoms with E-state index < -0.39 is 0 Å². The average molecular weight is 243 g/mol. The van der Waals surface area contributed by atoms with E-state index in [1.54, 1.807) is 0 Å². The van der Waals surface area contributed by atoms with E-state index in [0.29, 0.717) is 18.9 Å². The first-order chi connectivity index (χ1) is 8.81. The zero-order chi connectivity index (χ0) is 12.2. The molecule has 3 nitrogen and oxygen atoms in total. The van der Waals surface area contributed by atoms with E-state index in [1.165, 1.54) is 12.0 Å². The number of amides is 1. The van der Waals surface area contributed by atoms with Crippen LogP contribution in [0.2, 0.25) is 0 Å². The van der Waals surface area contributed by atoms with Crippen LogP contribution >= 0.6 is 0 Å². The van der Waals surface area contributed by atoms with Gasteiger partial charge in [0.1, 0.15) is 5.72 Å². The van der Waals surface area contributed by atoms with Gasteiger partial charge in [0.15, 0.2) is 0 Å². The molecule has 3 fully saturated rings. The van der Waals surface area contributed by atoms with Crippen molar-refractivity contribution in [3.05, 3.63) is 35.9 Å². The van der Waals surface area contributed by atoms with Crippen LogP contribution in [0.3, 0.4) is 0 Å². The molecule has 1 amide bonds. The Hall–Kier alpha value is -1.35. The topological polar surface area (TPSA) is 29.5 Å². The van der Waals surface area contributed by atoms with E-state index in [1.807, 2.05) is 18.2 Å². The van der Waals surface area contributed by atoms with Gasteiger partial charge in [0.25, 0.3) is 0 Å². The Morgan fingerprint density at radius 2 is 2.11 bits per heavy atom. The molecule has 1 aromatic carbocycles. The minimum atomic E-state index is -0.252. The van der Waals surface area contributed by atoms with Crippen LogP contribution in [0.5, 0.6) is 0 Å². The summed E-state index contributed by atoms with van der Waals surface area (Å²) in [5, 5.41) is 0. The second kappa shape index (κ2) is 3.58. The molecule has 0 radical (unpaired) electrons. The van der Waals surface area contributed by atoms with Crippen LogP contribution in [0.1, 0.15) is 37.3 Å². The highest BCUT2D eigenvalue weighted by Crippen LogP contribution is 2.55. The van der Waals surface area contributed by atoms with Crippen LogP contribution in [0.4, 0.5) is 0 Å². The molecule has 3 aliphatic rings. The number of rotatable bonds is 1. The molecule has 0 bridgehead atoms. The molecule has 2 aliphatic heterocycles. The quantitative estimate of drug-likeness (QED) is 0.758. The Bertz CT molecular complexity index is 487. The second-order valence-corrected chi connectivity index (χ2v) is 5.64. The number of benzene rings is 1. The fourth-order valence-corrected chi connectivity index (χ4v) is 4.05. The second-order valence-electron chi connectivity index (χ2n) is 5.64. The fraction of sp³-hybridized carbons (Fsp3) is 0.533. The maximum atomic E-state index is 12.3. The predicted molar refractivity (Wildman–Crippen MR) is 66.7 cm³/mol. The third kappa shape index (κ3) is 1.20. The molecule has 3 heteroatoms. The monoisotopic (exact) mass is 243 g/mol. The fourth-order valence-electron chi connectivity index (χ4n) is 4.05. The minimum Gasteiger partial charge on any atom is -0.353 e. The van der Waals surface area contributed by atoms with Gasteiger partial charge >= 0.3 is 0 Å². The summed E-state index contributed by atoms with van der Waals surface area (Å²) in [7, 11) is 0. The highest BCUT2D eigenvalue weighted by molar-refractivity contribution is 5.81. The molecule has 4 rings (SSSR count). The van der Waals surface area contributed by atoms with Crippen molar-refractivity contribution in [3.8, 4) is 0 Å². The zero-order valence-corrected chi connectivity index (χ0v) is 10.3. The Morgan fingerprint density at radius 3 is 2.94 bits per heavy atom. The summed E-state index contributed by atoms with van der Waals surface area (Å²) in [6.07, 6.45) is 4.04. The molecule has 1 aliphatic carbocycles. The standard InChI is InChI=1S/C15H17NO2/c17-14-9-12-7-4-8-15(12)16(14)13(10-18-15)11-5-2-1-3-6-11/h1-3,5-6,12-13H,4,7-10H2/t12-,13+,15?/m1/s1. The first-order valence-electron chi connectivity index (χ1n) is 6.82. The largest absolute Gasteiger partial charge is 0.353 e. The van der Waals surface area contributed by atoms with Crippen LogP contribution in [0.15, 0.2) is 30.3 Å². The van der Waals surface area contributed by atoms with E-state index in [-0.39, 0.29) is 17.7 Å². The smallest absolute Gasteiger partial charge is 0.225 e. The summed E-state index contributed by atoms with van der Waals surface area (Å²) < 4.78 is 6.13. The molecular formula is C15H17NO2. The van der Waals surface area contributed by atoms with Gasteiger partial charge in [-0.1, -0.05) is 30.3 Å². The first kappa shape index (κ1) is 10.6. The molecule has 1 unspecified atom stereocenters. The molecule has 94 valence electrons. The van der Waals surface area contributed by atoms with Crippen molar-refractivity contribution in [2.75, 3.05) is 6.61 Å². The predicted octanol–water partition coefficient (Wildman–Crippen LogP) is 2.49. The SMILES string of the molecule is O=C1C[C@H]2CCCC23OC[C@@H](c2ccccc2)N13. The maximum absolute atomic E-state index is 12.3. The molecule has 1 saturated carbocycles. The number of carbonyl (C=O) groups excluding carboxylic acids is 1. The van der Waals surface area contributed by atoms with Crippen molar-refractivity contribution >= 4 is 5.91 Å². The van der Waals surface area contributed by atoms with E-state index in [2.05, 4.69) is 17.0 Å². The van der Waals surface area contributed by atoms with Crippen molar-refractivity contribution in [3.63, 3.8) is 0 Å². The molecule has 1 aromatic rings. The molecule has 0 N–H and O–H groups in total. The number of carbonyl (C=O) groups is 1. The molecule has 2 heterocycles. The molecular weight excluding hydrogens is 226 g/mol. The number of hydrogen-bond acceptors (Lipinski definition) is 2. The summed E-state index contributed by atoms with van der Waals surface area (Å²) in [5.41, 5.74) is 0.952. The van der Waals surface area contributed by atoms with Crippen LogP contribution in [0, 0.1) is 5.92 Å². The van der Waals surface area contributed by atoms with Crippen LogP contribution in [0.25, 0.3) is 0 Å². The summed E-state index contributed by atoms with van der Waals surface area (Å²) >= 11 is 0. The highest BCUT2D eigenvalue weighted by Gasteiger charge is 2.61. The van der Waals surface area contributed by atoms with Crippen molar-refractivity contribution in [1.82, 2.24) is 4.90 Å². The van der Waals surface area contributed by atoms with Gasteiger partial charge in [-0.25, -0.2) is 0 Å². The number of ether oxygens (including phenoxy) is 1. The molecule has 2 saturated heterocycles. The van der Waals surface area contributed by atoms with E-state index in [9.17, 15) is 4.79 Å². The van der Waals surface area contributed by atoms with Crippen LogP contribution in [-0.2, 0) is 9.53 Å². The normalized spacial score (nSPS) is 38.0. The molecule has 18 heavy (non-hydrogen) atoms. The van der Waals surface area contributed by atoms with Crippen LogP contribution < -0.4 is 0 Å². The van der Waals surface area contributed by atoms with Crippen molar-refractivity contribution in [1.29, 1.82) is 0 Å². The van der Waals surface area contributed by atoms with Gasteiger partial charge in [-0.2, -0.15) is 0 Å². The molecule has 3 atom stereocenters. The lowest BCUT2D eigenvalue weighted by molar-refractivity contribution is -0.139. The van der Waals surface area contributed by atoms with Gasteiger partial charge in [0, 0.05) is 12.3 Å². The lowest BCUT2D eigenvalue weighted by Crippen LogP contribution is -2.43. The van der Waals surface area contributed by atoms with E-state index in [4.69, 9.17) is 4.74 Å². The summed E-state index contributed by atoms with van der Waals surface area (Å²) in [6.45, 7) is 0.659. The Balaban J connectivity index is 1.75. The molecule has 1 spiro atoms. The van der Waals surface area contributed by atoms with Crippen molar-refractivity contribution in [2.24, 2.45) is 5.92 Å². The number of hydrogen-bond donors (Lipinski definition) is 0. The van der Waals surface area contributed by atoms with Gasteiger partial charge in [0.2, 0.25) is 5.91 Å². The maximum Gasteiger partial charge on any atom is 0.225 e. The van der Waals surface area contributed by atoms with Gasteiger partial charge in [-0.3, -0.25) is 4.79 Å².